The highest BCUT2D eigenvalue weighted by atomic mass is 32.1. The summed E-state index contributed by atoms with van der Waals surface area (Å²) in [7, 11) is 0. The second kappa shape index (κ2) is 10.1. The first-order valence-electron chi connectivity index (χ1n) is 4.76. The molecule has 0 aromatic rings. The van der Waals surface area contributed by atoms with Gasteiger partial charge in [-0.1, -0.05) is 57.7 Å². The van der Waals surface area contributed by atoms with Crippen LogP contribution >= 0.6 is 12.2 Å². The third kappa shape index (κ3) is 10.1. The lowest BCUT2D eigenvalue weighted by atomic mass is 10.1. The Morgan fingerprint density at radius 1 is 0.909 bits per heavy atom. The lowest BCUT2D eigenvalue weighted by molar-refractivity contribution is 0.596. The Hall–Kier alpha value is 0.0900. The zero-order valence-electron chi connectivity index (χ0n) is 7.57. The molecule has 0 aliphatic heterocycles. The molecular weight excluding hydrogens is 152 g/mol. The predicted molar refractivity (Wildman–Crippen MR) is 55.2 cm³/mol. The highest BCUT2D eigenvalue weighted by molar-refractivity contribution is 7.78. The molecule has 0 fully saturated rings. The van der Waals surface area contributed by atoms with E-state index in [0.29, 0.717) is 0 Å². The Balaban J connectivity index is 2.74. The SMILES string of the molecule is CCCCCCCCC[C]=S. The van der Waals surface area contributed by atoms with Gasteiger partial charge in [-0.3, -0.25) is 0 Å². The molecule has 0 aromatic heterocycles. The van der Waals surface area contributed by atoms with E-state index in [1.165, 1.54) is 44.9 Å². The van der Waals surface area contributed by atoms with Crippen molar-refractivity contribution in [2.45, 2.75) is 58.3 Å². The first kappa shape index (κ1) is 11.1. The van der Waals surface area contributed by atoms with E-state index in [1.807, 2.05) is 0 Å². The third-order valence-electron chi connectivity index (χ3n) is 1.88. The number of unbranched alkanes of at least 4 members (excludes halogenated alkanes) is 7. The maximum atomic E-state index is 4.62. The van der Waals surface area contributed by atoms with Gasteiger partial charge in [-0.25, -0.2) is 0 Å². The molecule has 0 rings (SSSR count). The summed E-state index contributed by atoms with van der Waals surface area (Å²) in [6.45, 7) is 2.25. The van der Waals surface area contributed by atoms with Crippen molar-refractivity contribution < 1.29 is 0 Å². The summed E-state index contributed by atoms with van der Waals surface area (Å²) in [5.41, 5.74) is 0. The van der Waals surface area contributed by atoms with Gasteiger partial charge < -0.3 is 0 Å². The quantitative estimate of drug-likeness (QED) is 0.393. The molecule has 65 valence electrons. The highest BCUT2D eigenvalue weighted by Crippen LogP contribution is 2.07. The molecule has 0 aromatic carbocycles. The van der Waals surface area contributed by atoms with Crippen LogP contribution in [0.4, 0.5) is 0 Å². The average molecular weight is 171 g/mol. The van der Waals surface area contributed by atoms with Crippen molar-refractivity contribution in [3.05, 3.63) is 0 Å². The van der Waals surface area contributed by atoms with Crippen LogP contribution in [-0.4, -0.2) is 5.37 Å². The van der Waals surface area contributed by atoms with Crippen LogP contribution in [0.5, 0.6) is 0 Å². The Morgan fingerprint density at radius 3 is 2.00 bits per heavy atom. The third-order valence-corrected chi connectivity index (χ3v) is 2.09. The van der Waals surface area contributed by atoms with E-state index in [-0.39, 0.29) is 0 Å². The van der Waals surface area contributed by atoms with Gasteiger partial charge in [-0.05, 0) is 12.8 Å². The summed E-state index contributed by atoms with van der Waals surface area (Å²) in [6, 6.07) is 0. The van der Waals surface area contributed by atoms with E-state index in [1.54, 1.807) is 0 Å². The summed E-state index contributed by atoms with van der Waals surface area (Å²) in [6.07, 6.45) is 10.5. The molecule has 1 heteroatoms. The zero-order chi connectivity index (χ0) is 8.36. The molecule has 11 heavy (non-hydrogen) atoms. The molecule has 0 bridgehead atoms. The minimum Gasteiger partial charge on any atom is -0.0837 e. The van der Waals surface area contributed by atoms with Crippen LogP contribution in [0.3, 0.4) is 0 Å². The topological polar surface area (TPSA) is 0 Å². The van der Waals surface area contributed by atoms with E-state index in [2.05, 4.69) is 24.5 Å². The van der Waals surface area contributed by atoms with Gasteiger partial charge in [0.2, 0.25) is 0 Å². The maximum absolute atomic E-state index is 4.62. The second-order valence-corrected chi connectivity index (χ2v) is 3.30. The molecule has 1 radical (unpaired) electrons. The fraction of sp³-hybridized carbons (Fsp3) is 0.900. The van der Waals surface area contributed by atoms with Crippen molar-refractivity contribution in [3.8, 4) is 0 Å². The van der Waals surface area contributed by atoms with E-state index in [0.717, 1.165) is 6.42 Å². The first-order chi connectivity index (χ1) is 5.41. The van der Waals surface area contributed by atoms with Crippen molar-refractivity contribution in [3.63, 3.8) is 0 Å². The van der Waals surface area contributed by atoms with Gasteiger partial charge in [0.1, 0.15) is 0 Å². The number of thiocarbonyl (C=S) groups is 1. The summed E-state index contributed by atoms with van der Waals surface area (Å²) >= 11 is 4.62. The first-order valence-corrected chi connectivity index (χ1v) is 5.17. The standard InChI is InChI=1S/C10H19S/c1-2-3-4-5-6-7-8-9-10-11/h2-9H2,1H3. The monoisotopic (exact) mass is 171 g/mol. The molecule has 0 amide bonds. The molecule has 0 saturated carbocycles. The van der Waals surface area contributed by atoms with Gasteiger partial charge in [-0.15, -0.1) is 0 Å². The van der Waals surface area contributed by atoms with Gasteiger partial charge in [-0.2, -0.15) is 0 Å². The lowest BCUT2D eigenvalue weighted by Crippen LogP contribution is -1.79. The van der Waals surface area contributed by atoms with Crippen molar-refractivity contribution in [1.82, 2.24) is 0 Å². The van der Waals surface area contributed by atoms with Crippen LogP contribution in [0.15, 0.2) is 0 Å². The fourth-order valence-corrected chi connectivity index (χ4v) is 1.30. The van der Waals surface area contributed by atoms with Gasteiger partial charge in [0.15, 0.2) is 0 Å². The number of hydrogen-bond donors (Lipinski definition) is 0. The molecule has 0 saturated heterocycles. The van der Waals surface area contributed by atoms with E-state index >= 15 is 0 Å². The minimum absolute atomic E-state index is 1.00. The van der Waals surface area contributed by atoms with Gasteiger partial charge >= 0.3 is 0 Å². The summed E-state index contributed by atoms with van der Waals surface area (Å²) in [4.78, 5) is 0. The molecule has 0 N–H and O–H groups in total. The van der Waals surface area contributed by atoms with Crippen molar-refractivity contribution >= 4 is 17.6 Å². The molecule has 0 atom stereocenters. The average Bonchev–Trinajstić information content (AvgIpc) is 2.03. The molecule has 0 spiro atoms. The maximum Gasteiger partial charge on any atom is 0.0291 e. The number of hydrogen-bond acceptors (Lipinski definition) is 1. The minimum atomic E-state index is 1.00. The van der Waals surface area contributed by atoms with Crippen molar-refractivity contribution in [1.29, 1.82) is 0 Å². The normalized spacial score (nSPS) is 9.91. The smallest absolute Gasteiger partial charge is 0.0291 e. The van der Waals surface area contributed by atoms with Crippen LogP contribution in [0.2, 0.25) is 0 Å². The van der Waals surface area contributed by atoms with Crippen molar-refractivity contribution in [2.24, 2.45) is 0 Å². The summed E-state index contributed by atoms with van der Waals surface area (Å²) < 4.78 is 0. The highest BCUT2D eigenvalue weighted by Gasteiger charge is 1.88. The Morgan fingerprint density at radius 2 is 1.45 bits per heavy atom. The van der Waals surface area contributed by atoms with Crippen LogP contribution in [0.1, 0.15) is 58.3 Å². The fourth-order valence-electron chi connectivity index (χ4n) is 1.15. The van der Waals surface area contributed by atoms with Crippen LogP contribution in [-0.2, 0) is 0 Å². The van der Waals surface area contributed by atoms with Gasteiger partial charge in [0, 0.05) is 5.37 Å². The predicted octanol–water partition coefficient (Wildman–Crippen LogP) is 4.00. The second-order valence-electron chi connectivity index (χ2n) is 3.02. The largest absolute Gasteiger partial charge is 0.0837 e. The zero-order valence-corrected chi connectivity index (χ0v) is 8.38. The van der Waals surface area contributed by atoms with Gasteiger partial charge in [0.25, 0.3) is 0 Å². The van der Waals surface area contributed by atoms with Crippen LogP contribution < -0.4 is 0 Å². The van der Waals surface area contributed by atoms with E-state index < -0.39 is 0 Å². The Bertz CT molecular complexity index is 78.9. The molecule has 0 aliphatic rings. The molecular formula is C10H19S. The Labute approximate surface area is 76.4 Å². The molecule has 0 aliphatic carbocycles. The Kier molecular flexibility index (Phi) is 10.2. The summed E-state index contributed by atoms with van der Waals surface area (Å²) in [5, 5.41) is 2.75. The number of rotatable bonds is 8. The summed E-state index contributed by atoms with van der Waals surface area (Å²) in [5.74, 6) is 0. The van der Waals surface area contributed by atoms with Crippen molar-refractivity contribution in [2.75, 3.05) is 0 Å². The van der Waals surface area contributed by atoms with E-state index in [9.17, 15) is 0 Å². The lowest BCUT2D eigenvalue weighted by Gasteiger charge is -1.97. The van der Waals surface area contributed by atoms with Crippen LogP contribution in [0.25, 0.3) is 0 Å². The molecule has 0 unspecified atom stereocenters. The molecule has 0 nitrogen and oxygen atoms in total. The van der Waals surface area contributed by atoms with Crippen LogP contribution in [0, 0.1) is 0 Å². The van der Waals surface area contributed by atoms with E-state index in [4.69, 9.17) is 0 Å². The molecule has 0 heterocycles. The van der Waals surface area contributed by atoms with Gasteiger partial charge in [0.05, 0.1) is 0 Å².